The van der Waals surface area contributed by atoms with E-state index in [9.17, 15) is 0 Å². The smallest absolute Gasteiger partial charge is 0.125 e. The molecule has 0 fully saturated rings. The molecule has 0 nitrogen and oxygen atoms in total. The molecule has 0 atom stereocenters. The molecule has 48 heavy (non-hydrogen) atoms. The normalized spacial score (nSPS) is 12.5. The summed E-state index contributed by atoms with van der Waals surface area (Å²) in [5, 5.41) is 7.41. The van der Waals surface area contributed by atoms with Crippen LogP contribution < -0.4 is 0 Å². The van der Waals surface area contributed by atoms with Crippen molar-refractivity contribution in [2.24, 2.45) is 0 Å². The summed E-state index contributed by atoms with van der Waals surface area (Å²) >= 11 is 0. The van der Waals surface area contributed by atoms with Gasteiger partial charge in [-0.25, -0.2) is 0 Å². The quantitative estimate of drug-likeness (QED) is 0.0923. The lowest BCUT2D eigenvalue weighted by Gasteiger charge is -2.38. The molecule has 0 unspecified atom stereocenters. The number of benzene rings is 5. The van der Waals surface area contributed by atoms with Gasteiger partial charge in [0, 0.05) is 11.1 Å². The predicted octanol–water partition coefficient (Wildman–Crippen LogP) is 14.0. The number of fused-ring (bicyclic) bond motifs is 3. The lowest BCUT2D eigenvalue weighted by molar-refractivity contribution is 0.838. The molecule has 0 amide bonds. The summed E-state index contributed by atoms with van der Waals surface area (Å²) < 4.78 is 0. The molecule has 0 spiro atoms. The van der Waals surface area contributed by atoms with Crippen molar-refractivity contribution in [3.8, 4) is 34.1 Å². The Morgan fingerprint density at radius 1 is 0.375 bits per heavy atom. The predicted molar refractivity (Wildman–Crippen MR) is 220 cm³/mol. The minimum atomic E-state index is -1.97. The molecule has 5 aromatic rings. The van der Waals surface area contributed by atoms with Gasteiger partial charge in [0.2, 0.25) is 0 Å². The van der Waals surface area contributed by atoms with Crippen LogP contribution in [0.4, 0.5) is 0 Å². The molecule has 0 bridgehead atoms. The molecule has 5 rings (SSSR count). The molecule has 2 heteroatoms. The van der Waals surface area contributed by atoms with E-state index in [-0.39, 0.29) is 0 Å². The van der Waals surface area contributed by atoms with Crippen LogP contribution in [0.25, 0.3) is 43.4 Å². The zero-order chi connectivity index (χ0) is 35.0. The highest BCUT2D eigenvalue weighted by Crippen LogP contribution is 2.43. The van der Waals surface area contributed by atoms with Gasteiger partial charge in [-0.3, -0.25) is 0 Å². The number of hydrogen-bond acceptors (Lipinski definition) is 0. The standard InChI is InChI=1S/C46H56Si2/c1-31(2)47(32(3)4,33(5)6)26-24-43-41-20-16-17-21-42(41)44(25-27-48(34(7)8,35(9)10)36(11)12)46-30-40-28-38(37-18-14-13-15-19-37)22-23-39(40)29-45(43)46/h13-23,28-36H,1-12H3. The maximum atomic E-state index is 4.10. The van der Waals surface area contributed by atoms with E-state index in [1.165, 1.54) is 49.0 Å². The zero-order valence-electron chi connectivity index (χ0n) is 31.5. The lowest BCUT2D eigenvalue weighted by atomic mass is 9.90. The van der Waals surface area contributed by atoms with Crippen LogP contribution >= 0.6 is 0 Å². The Kier molecular flexibility index (Phi) is 10.5. The van der Waals surface area contributed by atoms with E-state index in [1.807, 2.05) is 0 Å². The third-order valence-corrected chi connectivity index (χ3v) is 24.2. The van der Waals surface area contributed by atoms with Crippen molar-refractivity contribution in [1.29, 1.82) is 0 Å². The highest BCUT2D eigenvalue weighted by atomic mass is 28.3. The number of rotatable bonds is 7. The summed E-state index contributed by atoms with van der Waals surface area (Å²) in [6.07, 6.45) is 0. The highest BCUT2D eigenvalue weighted by molar-refractivity contribution is 6.91. The fourth-order valence-electron chi connectivity index (χ4n) is 9.21. The van der Waals surface area contributed by atoms with Crippen LogP contribution in [-0.4, -0.2) is 16.1 Å². The highest BCUT2D eigenvalue weighted by Gasteiger charge is 2.42. The van der Waals surface area contributed by atoms with Crippen LogP contribution in [-0.2, 0) is 0 Å². The molecule has 0 saturated heterocycles. The molecular formula is C46H56Si2. The first-order chi connectivity index (χ1) is 22.7. The van der Waals surface area contributed by atoms with Crippen LogP contribution in [0, 0.1) is 22.9 Å². The first-order valence-electron chi connectivity index (χ1n) is 18.3. The largest absolute Gasteiger partial charge is 0.146 e. The van der Waals surface area contributed by atoms with Crippen LogP contribution in [0.2, 0.25) is 33.2 Å². The van der Waals surface area contributed by atoms with Crippen LogP contribution in [0.1, 0.15) is 94.2 Å². The van der Waals surface area contributed by atoms with E-state index in [4.69, 9.17) is 0 Å². The molecule has 0 N–H and O–H groups in total. The Balaban J connectivity index is 1.94. The Morgan fingerprint density at radius 3 is 1.19 bits per heavy atom. The first-order valence-corrected chi connectivity index (χ1v) is 22.8. The summed E-state index contributed by atoms with van der Waals surface area (Å²) in [5.41, 5.74) is 16.4. The maximum Gasteiger partial charge on any atom is 0.146 e. The fraction of sp³-hybridized carbons (Fsp3) is 0.391. The Morgan fingerprint density at radius 2 is 0.771 bits per heavy atom. The second kappa shape index (κ2) is 14.1. The monoisotopic (exact) mass is 664 g/mol. The van der Waals surface area contributed by atoms with Gasteiger partial charge in [-0.1, -0.05) is 162 Å². The Bertz CT molecular complexity index is 2010. The van der Waals surface area contributed by atoms with Gasteiger partial charge in [-0.05, 0) is 94.9 Å². The molecule has 0 aliphatic rings. The minimum absolute atomic E-state index is 0.572. The van der Waals surface area contributed by atoms with E-state index < -0.39 is 16.1 Å². The molecule has 5 aromatic carbocycles. The number of hydrogen-bond donors (Lipinski definition) is 0. The van der Waals surface area contributed by atoms with Crippen LogP contribution in [0.5, 0.6) is 0 Å². The van der Waals surface area contributed by atoms with Gasteiger partial charge < -0.3 is 0 Å². The van der Waals surface area contributed by atoms with Gasteiger partial charge in [0.25, 0.3) is 0 Å². The molecule has 0 radical (unpaired) electrons. The summed E-state index contributed by atoms with van der Waals surface area (Å²) in [6, 6.07) is 31.4. The van der Waals surface area contributed by atoms with Gasteiger partial charge in [-0.15, -0.1) is 11.1 Å². The van der Waals surface area contributed by atoms with Crippen molar-refractivity contribution in [2.45, 2.75) is 116 Å². The molecule has 0 aromatic heterocycles. The van der Waals surface area contributed by atoms with Crippen molar-refractivity contribution in [1.82, 2.24) is 0 Å². The maximum absolute atomic E-state index is 4.10. The Labute approximate surface area is 293 Å². The average Bonchev–Trinajstić information content (AvgIpc) is 3.04. The van der Waals surface area contributed by atoms with Gasteiger partial charge in [0.05, 0.1) is 0 Å². The zero-order valence-corrected chi connectivity index (χ0v) is 33.5. The van der Waals surface area contributed by atoms with E-state index in [0.29, 0.717) is 33.2 Å². The summed E-state index contributed by atoms with van der Waals surface area (Å²) in [6.45, 7) is 28.9. The SMILES string of the molecule is CC(C)[Si](C#Cc1c2ccccc2c(C#C[Si](C(C)C)(C(C)C)C(C)C)c2cc3cc(-c4ccccc4)ccc3cc12)(C(C)C)C(C)C. The van der Waals surface area contributed by atoms with Crippen molar-refractivity contribution in [2.75, 3.05) is 0 Å². The Hall–Kier alpha value is -3.57. The van der Waals surface area contributed by atoms with Gasteiger partial charge in [0.15, 0.2) is 0 Å². The first kappa shape index (κ1) is 35.7. The fourth-order valence-corrected chi connectivity index (χ4v) is 19.6. The van der Waals surface area contributed by atoms with Gasteiger partial charge in [-0.2, -0.15) is 0 Å². The third kappa shape index (κ3) is 6.20. The summed E-state index contributed by atoms with van der Waals surface area (Å²) in [4.78, 5) is 0. The van der Waals surface area contributed by atoms with Crippen molar-refractivity contribution < 1.29 is 0 Å². The van der Waals surface area contributed by atoms with Crippen molar-refractivity contribution in [3.63, 3.8) is 0 Å². The topological polar surface area (TPSA) is 0 Å². The van der Waals surface area contributed by atoms with Crippen molar-refractivity contribution in [3.05, 3.63) is 96.1 Å². The molecule has 248 valence electrons. The van der Waals surface area contributed by atoms with Crippen LogP contribution in [0.15, 0.2) is 84.9 Å². The average molecular weight is 665 g/mol. The molecule has 0 heterocycles. The second-order valence-corrected chi connectivity index (χ2v) is 27.1. The van der Waals surface area contributed by atoms with Gasteiger partial charge >= 0.3 is 0 Å². The summed E-state index contributed by atoms with van der Waals surface area (Å²) in [7, 11) is -3.93. The van der Waals surface area contributed by atoms with E-state index in [0.717, 1.165) is 5.56 Å². The lowest BCUT2D eigenvalue weighted by Crippen LogP contribution is -2.43. The molecular weight excluding hydrogens is 609 g/mol. The third-order valence-electron chi connectivity index (χ3n) is 11.6. The van der Waals surface area contributed by atoms with E-state index in [2.05, 4.69) is 191 Å². The van der Waals surface area contributed by atoms with E-state index >= 15 is 0 Å². The minimum Gasteiger partial charge on any atom is -0.125 e. The van der Waals surface area contributed by atoms with Crippen molar-refractivity contribution >= 4 is 48.5 Å². The van der Waals surface area contributed by atoms with Crippen LogP contribution in [0.3, 0.4) is 0 Å². The van der Waals surface area contributed by atoms with E-state index in [1.54, 1.807) is 0 Å². The second-order valence-electron chi connectivity index (χ2n) is 15.9. The van der Waals surface area contributed by atoms with Gasteiger partial charge in [0.1, 0.15) is 16.1 Å². The summed E-state index contributed by atoms with van der Waals surface area (Å²) in [5.74, 6) is 7.90. The molecule has 0 saturated carbocycles. The molecule has 0 aliphatic carbocycles. The molecule has 0 aliphatic heterocycles.